The highest BCUT2D eigenvalue weighted by atomic mass is 32.1. The summed E-state index contributed by atoms with van der Waals surface area (Å²) < 4.78 is 5.34. The number of H-pyrrole nitrogens is 1. The van der Waals surface area contributed by atoms with E-state index in [1.165, 1.54) is 0 Å². The molecule has 90 valence electrons. The number of imidazole rings is 1. The molecule has 0 saturated carbocycles. The van der Waals surface area contributed by atoms with Gasteiger partial charge in [0.15, 0.2) is 0 Å². The molecule has 0 fully saturated rings. The van der Waals surface area contributed by atoms with Gasteiger partial charge < -0.3 is 9.72 Å². The number of hydrogen-bond donors (Lipinski definition) is 2. The Labute approximate surface area is 110 Å². The third-order valence-electron chi connectivity index (χ3n) is 2.83. The van der Waals surface area contributed by atoms with E-state index in [9.17, 15) is 0 Å². The molecule has 3 nitrogen and oxygen atoms in total. The molecular formula is C14H12N2OS. The number of rotatable bonds is 2. The lowest BCUT2D eigenvalue weighted by atomic mass is 10.2. The maximum atomic E-state index is 5.34. The van der Waals surface area contributed by atoms with Gasteiger partial charge in [0.25, 0.3) is 0 Å². The van der Waals surface area contributed by atoms with E-state index < -0.39 is 0 Å². The number of ether oxygens (including phenoxy) is 1. The van der Waals surface area contributed by atoms with Gasteiger partial charge in [-0.15, -0.1) is 12.6 Å². The number of para-hydroxylation sites is 1. The predicted octanol–water partition coefficient (Wildman–Crippen LogP) is 3.53. The molecule has 0 unspecified atom stereocenters. The van der Waals surface area contributed by atoms with Crippen molar-refractivity contribution in [1.82, 2.24) is 9.97 Å². The van der Waals surface area contributed by atoms with Gasteiger partial charge in [-0.25, -0.2) is 4.98 Å². The zero-order chi connectivity index (χ0) is 12.5. The molecule has 1 N–H and O–H groups in total. The quantitative estimate of drug-likeness (QED) is 0.688. The number of aromatic nitrogens is 2. The Morgan fingerprint density at radius 1 is 1.17 bits per heavy atom. The van der Waals surface area contributed by atoms with Gasteiger partial charge in [0.05, 0.1) is 23.7 Å². The highest BCUT2D eigenvalue weighted by Crippen LogP contribution is 2.29. The lowest BCUT2D eigenvalue weighted by Crippen LogP contribution is -1.88. The van der Waals surface area contributed by atoms with Crippen molar-refractivity contribution in [3.63, 3.8) is 0 Å². The molecule has 3 rings (SSSR count). The SMILES string of the molecule is COc1ccccc1-c1nc2ccc(S)cc2[nH]1. The summed E-state index contributed by atoms with van der Waals surface area (Å²) in [6, 6.07) is 13.7. The first-order chi connectivity index (χ1) is 8.78. The Morgan fingerprint density at radius 2 is 2.00 bits per heavy atom. The summed E-state index contributed by atoms with van der Waals surface area (Å²) in [4.78, 5) is 8.77. The van der Waals surface area contributed by atoms with Crippen LogP contribution in [0.5, 0.6) is 5.75 Å². The van der Waals surface area contributed by atoms with Crippen LogP contribution < -0.4 is 4.74 Å². The van der Waals surface area contributed by atoms with Crippen molar-refractivity contribution in [3.05, 3.63) is 42.5 Å². The van der Waals surface area contributed by atoms with Gasteiger partial charge in [-0.2, -0.15) is 0 Å². The van der Waals surface area contributed by atoms with E-state index in [0.717, 1.165) is 33.1 Å². The van der Waals surface area contributed by atoms with Crippen LogP contribution in [0.1, 0.15) is 0 Å². The maximum Gasteiger partial charge on any atom is 0.142 e. The van der Waals surface area contributed by atoms with E-state index in [0.29, 0.717) is 0 Å². The molecule has 0 aliphatic rings. The lowest BCUT2D eigenvalue weighted by molar-refractivity contribution is 0.416. The van der Waals surface area contributed by atoms with E-state index in [-0.39, 0.29) is 0 Å². The highest BCUT2D eigenvalue weighted by molar-refractivity contribution is 7.80. The zero-order valence-corrected chi connectivity index (χ0v) is 10.7. The van der Waals surface area contributed by atoms with Gasteiger partial charge in [0.1, 0.15) is 11.6 Å². The van der Waals surface area contributed by atoms with Gasteiger partial charge in [-0.3, -0.25) is 0 Å². The van der Waals surface area contributed by atoms with Crippen LogP contribution in [0.3, 0.4) is 0 Å². The molecule has 4 heteroatoms. The van der Waals surface area contributed by atoms with E-state index in [1.54, 1.807) is 7.11 Å². The molecule has 0 bridgehead atoms. The second kappa shape index (κ2) is 4.38. The molecule has 0 spiro atoms. The van der Waals surface area contributed by atoms with E-state index in [1.807, 2.05) is 42.5 Å². The third kappa shape index (κ3) is 1.84. The van der Waals surface area contributed by atoms with Crippen LogP contribution in [0.25, 0.3) is 22.4 Å². The summed E-state index contributed by atoms with van der Waals surface area (Å²) in [6.45, 7) is 0. The summed E-state index contributed by atoms with van der Waals surface area (Å²) in [5.41, 5.74) is 2.86. The van der Waals surface area contributed by atoms with Gasteiger partial charge in [0.2, 0.25) is 0 Å². The molecule has 0 amide bonds. The minimum absolute atomic E-state index is 0.807. The summed E-state index contributed by atoms with van der Waals surface area (Å²) >= 11 is 4.32. The number of hydrogen-bond acceptors (Lipinski definition) is 3. The summed E-state index contributed by atoms with van der Waals surface area (Å²) in [6.07, 6.45) is 0. The minimum atomic E-state index is 0.807. The van der Waals surface area contributed by atoms with Crippen LogP contribution >= 0.6 is 12.6 Å². The maximum absolute atomic E-state index is 5.34. The van der Waals surface area contributed by atoms with Crippen molar-refractivity contribution in [1.29, 1.82) is 0 Å². The van der Waals surface area contributed by atoms with Crippen LogP contribution in [0.4, 0.5) is 0 Å². The van der Waals surface area contributed by atoms with Gasteiger partial charge >= 0.3 is 0 Å². The smallest absolute Gasteiger partial charge is 0.142 e. The number of aromatic amines is 1. The fraction of sp³-hybridized carbons (Fsp3) is 0.0714. The van der Waals surface area contributed by atoms with E-state index >= 15 is 0 Å². The Balaban J connectivity index is 2.19. The molecule has 0 aliphatic carbocycles. The summed E-state index contributed by atoms with van der Waals surface area (Å²) in [5.74, 6) is 1.61. The Morgan fingerprint density at radius 3 is 2.83 bits per heavy atom. The Bertz CT molecular complexity index is 706. The molecule has 0 atom stereocenters. The molecule has 0 radical (unpaired) electrons. The molecule has 18 heavy (non-hydrogen) atoms. The first-order valence-corrected chi connectivity index (χ1v) is 6.05. The number of nitrogens with one attached hydrogen (secondary N) is 1. The van der Waals surface area contributed by atoms with E-state index in [2.05, 4.69) is 22.6 Å². The fourth-order valence-electron chi connectivity index (χ4n) is 1.97. The average Bonchev–Trinajstić information content (AvgIpc) is 2.81. The Hall–Kier alpha value is -1.94. The molecule has 3 aromatic rings. The molecular weight excluding hydrogens is 244 g/mol. The standard InChI is InChI=1S/C14H12N2OS/c1-17-13-5-3-2-4-10(13)14-15-11-7-6-9(18)8-12(11)16-14/h2-8,18H,1H3,(H,15,16). The largest absolute Gasteiger partial charge is 0.496 e. The number of thiol groups is 1. The van der Waals surface area contributed by atoms with Crippen molar-refractivity contribution >= 4 is 23.7 Å². The topological polar surface area (TPSA) is 37.9 Å². The van der Waals surface area contributed by atoms with Crippen molar-refractivity contribution in [3.8, 4) is 17.1 Å². The first kappa shape index (κ1) is 11.2. The number of benzene rings is 2. The molecule has 0 saturated heterocycles. The monoisotopic (exact) mass is 256 g/mol. The average molecular weight is 256 g/mol. The number of fused-ring (bicyclic) bond motifs is 1. The number of nitrogens with zero attached hydrogens (tertiary/aromatic N) is 1. The second-order valence-corrected chi connectivity index (χ2v) is 4.50. The van der Waals surface area contributed by atoms with Crippen molar-refractivity contribution < 1.29 is 4.74 Å². The second-order valence-electron chi connectivity index (χ2n) is 3.99. The van der Waals surface area contributed by atoms with Crippen LogP contribution in [0.15, 0.2) is 47.4 Å². The first-order valence-electron chi connectivity index (χ1n) is 5.60. The third-order valence-corrected chi connectivity index (χ3v) is 3.11. The molecule has 2 aromatic carbocycles. The summed E-state index contributed by atoms with van der Waals surface area (Å²) in [5, 5.41) is 0. The van der Waals surface area contributed by atoms with Crippen LogP contribution in [0.2, 0.25) is 0 Å². The minimum Gasteiger partial charge on any atom is -0.496 e. The van der Waals surface area contributed by atoms with Crippen LogP contribution in [-0.4, -0.2) is 17.1 Å². The van der Waals surface area contributed by atoms with Crippen molar-refractivity contribution in [2.24, 2.45) is 0 Å². The zero-order valence-electron chi connectivity index (χ0n) is 9.84. The van der Waals surface area contributed by atoms with Crippen molar-refractivity contribution in [2.45, 2.75) is 4.90 Å². The highest BCUT2D eigenvalue weighted by Gasteiger charge is 2.09. The fourth-order valence-corrected chi connectivity index (χ4v) is 2.17. The van der Waals surface area contributed by atoms with Gasteiger partial charge in [-0.05, 0) is 30.3 Å². The Kier molecular flexibility index (Phi) is 2.72. The normalized spacial score (nSPS) is 10.8. The molecule has 1 aromatic heterocycles. The number of methoxy groups -OCH3 is 1. The molecule has 1 heterocycles. The lowest BCUT2D eigenvalue weighted by Gasteiger charge is -2.04. The van der Waals surface area contributed by atoms with Gasteiger partial charge in [0, 0.05) is 4.90 Å². The summed E-state index contributed by atoms with van der Waals surface area (Å²) in [7, 11) is 1.66. The predicted molar refractivity (Wildman–Crippen MR) is 75.3 cm³/mol. The molecule has 0 aliphatic heterocycles. The van der Waals surface area contributed by atoms with Crippen LogP contribution in [0, 0.1) is 0 Å². The van der Waals surface area contributed by atoms with Crippen molar-refractivity contribution in [2.75, 3.05) is 7.11 Å². The van der Waals surface area contributed by atoms with Gasteiger partial charge in [-0.1, -0.05) is 12.1 Å². The van der Waals surface area contributed by atoms with Crippen LogP contribution in [-0.2, 0) is 0 Å². The van der Waals surface area contributed by atoms with E-state index in [4.69, 9.17) is 4.74 Å².